The molecule has 1 heterocycles. The molecule has 10 heavy (non-hydrogen) atoms. The maximum absolute atomic E-state index is 8.77. The molecule has 1 rings (SSSR count). The van der Waals surface area contributed by atoms with Gasteiger partial charge in [0.1, 0.15) is 0 Å². The molecular formula is C7H14O3. The molecule has 0 amide bonds. The van der Waals surface area contributed by atoms with Gasteiger partial charge in [-0.05, 0) is 18.8 Å². The smallest absolute Gasteiger partial charge is 0.0809 e. The Kier molecular flexibility index (Phi) is 3.12. The van der Waals surface area contributed by atoms with E-state index >= 15 is 0 Å². The third-order valence-electron chi connectivity index (χ3n) is 1.94. The Hall–Kier alpha value is -0.120. The predicted molar refractivity (Wildman–Crippen MR) is 36.6 cm³/mol. The molecule has 1 saturated heterocycles. The first kappa shape index (κ1) is 7.98. The summed E-state index contributed by atoms with van der Waals surface area (Å²) in [6.45, 7) is 0.979. The van der Waals surface area contributed by atoms with Crippen LogP contribution in [0.2, 0.25) is 0 Å². The second-order valence-electron chi connectivity index (χ2n) is 2.75. The molecule has 3 heteroatoms. The highest BCUT2D eigenvalue weighted by Gasteiger charge is 2.20. The van der Waals surface area contributed by atoms with Gasteiger partial charge in [0.15, 0.2) is 0 Å². The van der Waals surface area contributed by atoms with Crippen molar-refractivity contribution >= 4 is 0 Å². The lowest BCUT2D eigenvalue weighted by molar-refractivity contribution is -0.0465. The Labute approximate surface area is 60.6 Å². The first-order valence-electron chi connectivity index (χ1n) is 3.70. The molecule has 0 radical (unpaired) electrons. The molecule has 2 atom stereocenters. The molecule has 1 aliphatic rings. The van der Waals surface area contributed by atoms with Crippen LogP contribution in [0.15, 0.2) is 0 Å². The normalized spacial score (nSPS) is 34.2. The van der Waals surface area contributed by atoms with E-state index in [4.69, 9.17) is 14.9 Å². The van der Waals surface area contributed by atoms with Crippen LogP contribution in [0.3, 0.4) is 0 Å². The fourth-order valence-electron chi connectivity index (χ4n) is 1.25. The van der Waals surface area contributed by atoms with Gasteiger partial charge < -0.3 is 14.9 Å². The van der Waals surface area contributed by atoms with Crippen molar-refractivity contribution < 1.29 is 14.9 Å². The number of ether oxygens (including phenoxy) is 1. The number of aliphatic hydroxyl groups is 2. The lowest BCUT2D eigenvalue weighted by Gasteiger charge is -2.26. The Morgan fingerprint density at radius 1 is 1.30 bits per heavy atom. The second-order valence-corrected chi connectivity index (χ2v) is 2.75. The monoisotopic (exact) mass is 146 g/mol. The second kappa shape index (κ2) is 3.91. The van der Waals surface area contributed by atoms with E-state index < -0.39 is 0 Å². The molecule has 0 bridgehead atoms. The summed E-state index contributed by atoms with van der Waals surface area (Å²) in [5.41, 5.74) is 0. The van der Waals surface area contributed by atoms with Crippen LogP contribution in [-0.4, -0.2) is 36.1 Å². The molecule has 0 aromatic heterocycles. The maximum atomic E-state index is 8.77. The Morgan fingerprint density at radius 2 is 2.10 bits per heavy atom. The van der Waals surface area contributed by atoms with Crippen LogP contribution < -0.4 is 0 Å². The Bertz CT molecular complexity index is 84.9. The van der Waals surface area contributed by atoms with Gasteiger partial charge in [0, 0.05) is 13.2 Å². The molecule has 1 unspecified atom stereocenters. The van der Waals surface area contributed by atoms with Crippen LogP contribution >= 0.6 is 0 Å². The number of hydrogen-bond acceptors (Lipinski definition) is 3. The van der Waals surface area contributed by atoms with Crippen molar-refractivity contribution in [3.63, 3.8) is 0 Å². The molecule has 3 nitrogen and oxygen atoms in total. The van der Waals surface area contributed by atoms with E-state index in [0.717, 1.165) is 12.8 Å². The standard InChI is InChI=1S/C7H14O3/c8-4-6-1-2-10-7(3-6)5-9/h6-9H,1-5H2/t6?,7-/m0/s1. The molecule has 1 fully saturated rings. The first-order chi connectivity index (χ1) is 4.86. The van der Waals surface area contributed by atoms with E-state index in [-0.39, 0.29) is 19.3 Å². The van der Waals surface area contributed by atoms with Gasteiger partial charge in [-0.2, -0.15) is 0 Å². The van der Waals surface area contributed by atoms with Crippen molar-refractivity contribution in [3.05, 3.63) is 0 Å². The molecule has 0 aromatic carbocycles. The quantitative estimate of drug-likeness (QED) is 0.565. The third-order valence-corrected chi connectivity index (χ3v) is 1.94. The lowest BCUT2D eigenvalue weighted by atomic mass is 9.97. The zero-order chi connectivity index (χ0) is 7.40. The summed E-state index contributed by atoms with van der Waals surface area (Å²) < 4.78 is 5.20. The van der Waals surface area contributed by atoms with Gasteiger partial charge >= 0.3 is 0 Å². The summed E-state index contributed by atoms with van der Waals surface area (Å²) in [5, 5.41) is 17.5. The van der Waals surface area contributed by atoms with Crippen molar-refractivity contribution in [1.82, 2.24) is 0 Å². The highest BCUT2D eigenvalue weighted by molar-refractivity contribution is 4.69. The molecule has 2 N–H and O–H groups in total. The summed E-state index contributed by atoms with van der Waals surface area (Å²) in [6, 6.07) is 0. The van der Waals surface area contributed by atoms with Gasteiger partial charge in [-0.1, -0.05) is 0 Å². The Balaban J connectivity index is 2.25. The van der Waals surface area contributed by atoms with E-state index in [2.05, 4.69) is 0 Å². The van der Waals surface area contributed by atoms with Gasteiger partial charge in [-0.3, -0.25) is 0 Å². The molecule has 0 aliphatic carbocycles. The lowest BCUT2D eigenvalue weighted by Crippen LogP contribution is -2.29. The van der Waals surface area contributed by atoms with Crippen LogP contribution in [0.1, 0.15) is 12.8 Å². The number of rotatable bonds is 2. The third kappa shape index (κ3) is 1.94. The molecule has 0 saturated carbocycles. The largest absolute Gasteiger partial charge is 0.396 e. The van der Waals surface area contributed by atoms with Gasteiger partial charge in [0.25, 0.3) is 0 Å². The van der Waals surface area contributed by atoms with Crippen LogP contribution in [0.25, 0.3) is 0 Å². The minimum absolute atomic E-state index is 0.0362. The van der Waals surface area contributed by atoms with Crippen molar-refractivity contribution in [1.29, 1.82) is 0 Å². The fraction of sp³-hybridized carbons (Fsp3) is 1.00. The van der Waals surface area contributed by atoms with E-state index in [1.807, 2.05) is 0 Å². The molecular weight excluding hydrogens is 132 g/mol. The SMILES string of the molecule is OCC1CCO[C@H](CO)C1. The van der Waals surface area contributed by atoms with E-state index in [0.29, 0.717) is 12.5 Å². The average Bonchev–Trinajstić information content (AvgIpc) is 2.05. The van der Waals surface area contributed by atoms with Gasteiger partial charge in [-0.15, -0.1) is 0 Å². The molecule has 0 spiro atoms. The van der Waals surface area contributed by atoms with Crippen LogP contribution in [0.4, 0.5) is 0 Å². The topological polar surface area (TPSA) is 49.7 Å². The van der Waals surface area contributed by atoms with E-state index in [1.165, 1.54) is 0 Å². The van der Waals surface area contributed by atoms with Crippen molar-refractivity contribution in [3.8, 4) is 0 Å². The molecule has 1 aliphatic heterocycles. The maximum Gasteiger partial charge on any atom is 0.0809 e. The zero-order valence-corrected chi connectivity index (χ0v) is 5.99. The van der Waals surface area contributed by atoms with E-state index in [1.54, 1.807) is 0 Å². The summed E-state index contributed by atoms with van der Waals surface area (Å²) in [4.78, 5) is 0. The average molecular weight is 146 g/mol. The summed E-state index contributed by atoms with van der Waals surface area (Å²) >= 11 is 0. The van der Waals surface area contributed by atoms with Crippen molar-refractivity contribution in [2.45, 2.75) is 18.9 Å². The molecule has 0 aromatic rings. The van der Waals surface area contributed by atoms with Crippen molar-refractivity contribution in [2.24, 2.45) is 5.92 Å². The number of hydrogen-bond donors (Lipinski definition) is 2. The minimum atomic E-state index is -0.0362. The molecule has 60 valence electrons. The van der Waals surface area contributed by atoms with Crippen LogP contribution in [0.5, 0.6) is 0 Å². The summed E-state index contributed by atoms with van der Waals surface area (Å²) in [5.74, 6) is 0.339. The van der Waals surface area contributed by atoms with Gasteiger partial charge in [0.05, 0.1) is 12.7 Å². The Morgan fingerprint density at radius 3 is 2.70 bits per heavy atom. The van der Waals surface area contributed by atoms with E-state index in [9.17, 15) is 0 Å². The summed E-state index contributed by atoms with van der Waals surface area (Å²) in [7, 11) is 0. The van der Waals surface area contributed by atoms with Gasteiger partial charge in [0.2, 0.25) is 0 Å². The highest BCUT2D eigenvalue weighted by Crippen LogP contribution is 2.18. The minimum Gasteiger partial charge on any atom is -0.396 e. The van der Waals surface area contributed by atoms with Crippen LogP contribution in [0, 0.1) is 5.92 Å². The highest BCUT2D eigenvalue weighted by atomic mass is 16.5. The fourth-order valence-corrected chi connectivity index (χ4v) is 1.25. The van der Waals surface area contributed by atoms with Crippen molar-refractivity contribution in [2.75, 3.05) is 19.8 Å². The van der Waals surface area contributed by atoms with Crippen LogP contribution in [-0.2, 0) is 4.74 Å². The zero-order valence-electron chi connectivity index (χ0n) is 5.99. The first-order valence-corrected chi connectivity index (χ1v) is 3.70. The number of aliphatic hydroxyl groups excluding tert-OH is 2. The van der Waals surface area contributed by atoms with Gasteiger partial charge in [-0.25, -0.2) is 0 Å². The summed E-state index contributed by atoms with van der Waals surface area (Å²) in [6.07, 6.45) is 1.69. The predicted octanol–water partition coefficient (Wildman–Crippen LogP) is -0.234.